The number of hydrogen-bond acceptors (Lipinski definition) is 1. The van der Waals surface area contributed by atoms with Crippen molar-refractivity contribution in [2.45, 2.75) is 53.9 Å². The zero-order chi connectivity index (χ0) is 10.1. The average Bonchev–Trinajstić information content (AvgIpc) is 2.24. The van der Waals surface area contributed by atoms with Gasteiger partial charge in [-0.2, -0.15) is 0 Å². The third-order valence-electron chi connectivity index (χ3n) is 2.58. The highest BCUT2D eigenvalue weighted by Crippen LogP contribution is 2.30. The summed E-state index contributed by atoms with van der Waals surface area (Å²) in [6.45, 7) is 12.5. The molecule has 1 nitrogen and oxygen atoms in total. The summed E-state index contributed by atoms with van der Waals surface area (Å²) < 4.78 is 0. The smallest absolute Gasteiger partial charge is 0.0443 e. The van der Waals surface area contributed by atoms with Crippen molar-refractivity contribution in [1.82, 2.24) is 0 Å². The Bertz CT molecular complexity index is 206. The van der Waals surface area contributed by atoms with Gasteiger partial charge < -0.3 is 0 Å². The first kappa shape index (κ1) is 10.7. The van der Waals surface area contributed by atoms with Crippen LogP contribution in [0.2, 0.25) is 0 Å². The maximum atomic E-state index is 4.61. The molecule has 0 aromatic carbocycles. The van der Waals surface area contributed by atoms with Gasteiger partial charge in [-0.25, -0.2) is 0 Å². The predicted molar refractivity (Wildman–Crippen MR) is 59.4 cm³/mol. The Balaban J connectivity index is 2.33. The topological polar surface area (TPSA) is 12.4 Å². The van der Waals surface area contributed by atoms with Gasteiger partial charge in [0.2, 0.25) is 0 Å². The van der Waals surface area contributed by atoms with Gasteiger partial charge in [0.15, 0.2) is 0 Å². The highest BCUT2D eigenvalue weighted by atomic mass is 14.8. The van der Waals surface area contributed by atoms with Crippen molar-refractivity contribution in [2.75, 3.05) is 6.54 Å². The summed E-state index contributed by atoms with van der Waals surface area (Å²) in [5.74, 6) is 0. The lowest BCUT2D eigenvalue weighted by atomic mass is 9.85. The van der Waals surface area contributed by atoms with E-state index in [9.17, 15) is 0 Å². The summed E-state index contributed by atoms with van der Waals surface area (Å²) in [5, 5.41) is 0. The van der Waals surface area contributed by atoms with Gasteiger partial charge in [-0.05, 0) is 30.1 Å². The van der Waals surface area contributed by atoms with Crippen molar-refractivity contribution in [2.24, 2.45) is 15.8 Å². The molecule has 0 spiro atoms. The second kappa shape index (κ2) is 3.43. The molecule has 0 aromatic rings. The van der Waals surface area contributed by atoms with Crippen LogP contribution in [0.1, 0.15) is 53.9 Å². The Kier molecular flexibility index (Phi) is 2.84. The molecular formula is C12H23N. The molecule has 76 valence electrons. The molecule has 1 aliphatic heterocycles. The van der Waals surface area contributed by atoms with E-state index in [0.717, 1.165) is 6.54 Å². The molecule has 1 rings (SSSR count). The maximum Gasteiger partial charge on any atom is 0.0443 e. The quantitative estimate of drug-likeness (QED) is 0.616. The van der Waals surface area contributed by atoms with Crippen molar-refractivity contribution in [3.05, 3.63) is 0 Å². The molecule has 0 saturated carbocycles. The molecule has 1 heterocycles. The fourth-order valence-corrected chi connectivity index (χ4v) is 1.68. The van der Waals surface area contributed by atoms with Crippen LogP contribution in [0.4, 0.5) is 0 Å². The van der Waals surface area contributed by atoms with E-state index in [-0.39, 0.29) is 0 Å². The van der Waals surface area contributed by atoms with E-state index in [1.165, 1.54) is 25.0 Å². The lowest BCUT2D eigenvalue weighted by molar-refractivity contribution is 0.382. The van der Waals surface area contributed by atoms with Gasteiger partial charge in [-0.1, -0.05) is 34.6 Å². The summed E-state index contributed by atoms with van der Waals surface area (Å²) in [7, 11) is 0. The van der Waals surface area contributed by atoms with Crippen molar-refractivity contribution < 1.29 is 0 Å². The van der Waals surface area contributed by atoms with E-state index in [1.807, 2.05) is 0 Å². The summed E-state index contributed by atoms with van der Waals surface area (Å²) in [6.07, 6.45) is 3.68. The first-order valence-corrected chi connectivity index (χ1v) is 5.31. The largest absolute Gasteiger partial charge is 0.294 e. The van der Waals surface area contributed by atoms with Gasteiger partial charge in [0.25, 0.3) is 0 Å². The second-order valence-electron chi connectivity index (χ2n) is 6.28. The van der Waals surface area contributed by atoms with Crippen LogP contribution in [0.15, 0.2) is 4.99 Å². The summed E-state index contributed by atoms with van der Waals surface area (Å²) in [6, 6.07) is 0. The van der Waals surface area contributed by atoms with E-state index in [4.69, 9.17) is 0 Å². The molecule has 0 unspecified atom stereocenters. The fraction of sp³-hybridized carbons (Fsp3) is 0.917. The minimum atomic E-state index is 0.438. The van der Waals surface area contributed by atoms with Crippen molar-refractivity contribution >= 4 is 5.71 Å². The van der Waals surface area contributed by atoms with Crippen LogP contribution in [0.3, 0.4) is 0 Å². The first-order valence-electron chi connectivity index (χ1n) is 5.31. The van der Waals surface area contributed by atoms with Crippen molar-refractivity contribution in [1.29, 1.82) is 0 Å². The van der Waals surface area contributed by atoms with Gasteiger partial charge >= 0.3 is 0 Å². The number of nitrogens with zero attached hydrogens (tertiary/aromatic N) is 1. The third-order valence-corrected chi connectivity index (χ3v) is 2.58. The summed E-state index contributed by atoms with van der Waals surface area (Å²) >= 11 is 0. The minimum absolute atomic E-state index is 0.438. The SMILES string of the molecule is CC(C)(C)CCC1=NCC(C)(C)C1. The number of hydrogen-bond donors (Lipinski definition) is 0. The van der Waals surface area contributed by atoms with Crippen molar-refractivity contribution in [3.63, 3.8) is 0 Å². The van der Waals surface area contributed by atoms with Crippen LogP contribution in [0.25, 0.3) is 0 Å². The lowest BCUT2D eigenvalue weighted by Gasteiger charge is -2.19. The molecule has 13 heavy (non-hydrogen) atoms. The molecule has 0 fully saturated rings. The molecular weight excluding hydrogens is 158 g/mol. The second-order valence-corrected chi connectivity index (χ2v) is 6.28. The Labute approximate surface area is 82.6 Å². The molecule has 0 amide bonds. The number of aliphatic imine (C=N–C) groups is 1. The standard InChI is InChI=1S/C12H23N/c1-11(2,3)7-6-10-8-12(4,5)9-13-10/h6-9H2,1-5H3. The molecule has 0 radical (unpaired) electrons. The third kappa shape index (κ3) is 3.93. The monoisotopic (exact) mass is 181 g/mol. The normalized spacial score (nSPS) is 21.8. The Morgan fingerprint density at radius 3 is 2.31 bits per heavy atom. The average molecular weight is 181 g/mol. The molecule has 0 bridgehead atoms. The van der Waals surface area contributed by atoms with Crippen LogP contribution in [0.5, 0.6) is 0 Å². The van der Waals surface area contributed by atoms with E-state index in [2.05, 4.69) is 39.6 Å². The minimum Gasteiger partial charge on any atom is -0.294 e. The molecule has 1 heteroatoms. The van der Waals surface area contributed by atoms with Crippen molar-refractivity contribution in [3.8, 4) is 0 Å². The van der Waals surface area contributed by atoms with E-state index in [1.54, 1.807) is 0 Å². The van der Waals surface area contributed by atoms with Gasteiger partial charge in [-0.3, -0.25) is 4.99 Å². The number of rotatable bonds is 2. The van der Waals surface area contributed by atoms with Crippen LogP contribution < -0.4 is 0 Å². The molecule has 0 aromatic heterocycles. The van der Waals surface area contributed by atoms with Crippen LogP contribution >= 0.6 is 0 Å². The van der Waals surface area contributed by atoms with Crippen LogP contribution in [-0.2, 0) is 0 Å². The zero-order valence-corrected chi connectivity index (χ0v) is 9.78. The van der Waals surface area contributed by atoms with E-state index >= 15 is 0 Å². The predicted octanol–water partition coefficient (Wildman–Crippen LogP) is 3.68. The van der Waals surface area contributed by atoms with E-state index < -0.39 is 0 Å². The Morgan fingerprint density at radius 2 is 1.92 bits per heavy atom. The van der Waals surface area contributed by atoms with Gasteiger partial charge in [0.1, 0.15) is 0 Å². The van der Waals surface area contributed by atoms with Crippen LogP contribution in [-0.4, -0.2) is 12.3 Å². The fourth-order valence-electron chi connectivity index (χ4n) is 1.68. The lowest BCUT2D eigenvalue weighted by Crippen LogP contribution is -2.13. The first-order chi connectivity index (χ1) is 5.79. The van der Waals surface area contributed by atoms with Gasteiger partial charge in [0.05, 0.1) is 0 Å². The van der Waals surface area contributed by atoms with Crippen LogP contribution in [0, 0.1) is 10.8 Å². The maximum absolute atomic E-state index is 4.61. The Hall–Kier alpha value is -0.330. The molecule has 0 aliphatic carbocycles. The summed E-state index contributed by atoms with van der Waals surface area (Å²) in [4.78, 5) is 4.61. The van der Waals surface area contributed by atoms with E-state index in [0.29, 0.717) is 10.8 Å². The zero-order valence-electron chi connectivity index (χ0n) is 9.78. The molecule has 1 aliphatic rings. The highest BCUT2D eigenvalue weighted by molar-refractivity contribution is 5.86. The van der Waals surface area contributed by atoms with Gasteiger partial charge in [-0.15, -0.1) is 0 Å². The summed E-state index contributed by atoms with van der Waals surface area (Å²) in [5.41, 5.74) is 2.34. The molecule has 0 atom stereocenters. The van der Waals surface area contributed by atoms with Gasteiger partial charge in [0, 0.05) is 12.3 Å². The molecule has 0 saturated heterocycles. The molecule has 0 N–H and O–H groups in total. The highest BCUT2D eigenvalue weighted by Gasteiger charge is 2.26. The Morgan fingerprint density at radius 1 is 1.31 bits per heavy atom.